The number of aromatic nitrogens is 1. The van der Waals surface area contributed by atoms with E-state index in [0.29, 0.717) is 17.9 Å². The molecule has 1 amide bonds. The second kappa shape index (κ2) is 11.5. The molecule has 2 heterocycles. The highest BCUT2D eigenvalue weighted by Gasteiger charge is 2.46. The monoisotopic (exact) mass is 533 g/mol. The number of carbonyl (C=O) groups excluding carboxylic acids is 2. The predicted molar refractivity (Wildman–Crippen MR) is 155 cm³/mol. The van der Waals surface area contributed by atoms with Crippen LogP contribution >= 0.6 is 0 Å². The van der Waals surface area contributed by atoms with Gasteiger partial charge in [0, 0.05) is 44.3 Å². The van der Waals surface area contributed by atoms with Crippen molar-refractivity contribution in [2.24, 2.45) is 0 Å². The topological polar surface area (TPSA) is 83.0 Å². The van der Waals surface area contributed by atoms with E-state index in [1.807, 2.05) is 68.4 Å². The van der Waals surface area contributed by atoms with Crippen LogP contribution in [0.15, 0.2) is 103 Å². The summed E-state index contributed by atoms with van der Waals surface area (Å²) in [7, 11) is 3.89. The Morgan fingerprint density at radius 3 is 2.27 bits per heavy atom. The van der Waals surface area contributed by atoms with Crippen LogP contribution in [0.1, 0.15) is 33.9 Å². The number of aliphatic hydroxyl groups is 1. The summed E-state index contributed by atoms with van der Waals surface area (Å²) in [5.41, 5.74) is 5.26. The molecule has 4 aromatic rings. The Morgan fingerprint density at radius 2 is 1.62 bits per heavy atom. The molecule has 7 heteroatoms. The van der Waals surface area contributed by atoms with Gasteiger partial charge in [-0.3, -0.25) is 14.6 Å². The summed E-state index contributed by atoms with van der Waals surface area (Å²) in [6, 6.07) is 25.5. The zero-order valence-corrected chi connectivity index (χ0v) is 22.7. The van der Waals surface area contributed by atoms with E-state index in [4.69, 9.17) is 4.74 Å². The minimum absolute atomic E-state index is 0.0603. The molecule has 5 rings (SSSR count). The zero-order valence-electron chi connectivity index (χ0n) is 22.7. The summed E-state index contributed by atoms with van der Waals surface area (Å²) in [6.45, 7) is 2.65. The average molecular weight is 534 g/mol. The Bertz CT molecular complexity index is 1550. The molecule has 0 radical (unpaired) electrons. The van der Waals surface area contributed by atoms with Gasteiger partial charge in [0.05, 0.1) is 11.6 Å². The number of ether oxygens (including phenoxy) is 1. The van der Waals surface area contributed by atoms with Gasteiger partial charge < -0.3 is 19.6 Å². The quantitative estimate of drug-likeness (QED) is 0.179. The lowest BCUT2D eigenvalue weighted by Gasteiger charge is -2.26. The number of carbonyl (C=O) groups is 2. The Balaban J connectivity index is 1.48. The Kier molecular flexibility index (Phi) is 7.64. The maximum atomic E-state index is 13.4. The number of pyridine rings is 1. The van der Waals surface area contributed by atoms with Crippen molar-refractivity contribution in [2.75, 3.05) is 19.0 Å². The lowest BCUT2D eigenvalue weighted by molar-refractivity contribution is -0.140. The van der Waals surface area contributed by atoms with Crippen LogP contribution in [0.2, 0.25) is 0 Å². The number of rotatable bonds is 8. The van der Waals surface area contributed by atoms with E-state index in [0.717, 1.165) is 27.9 Å². The normalized spacial score (nSPS) is 16.3. The number of likely N-dealkylation sites (tertiary alicyclic amines) is 1. The molecule has 0 aliphatic carbocycles. The molecule has 1 fully saturated rings. The van der Waals surface area contributed by atoms with Crippen LogP contribution in [0, 0.1) is 6.92 Å². The standard InChI is InChI=1S/C33H31N3O4/c1-22-5-4-6-24(19-22)21-40-28-13-9-26(10-14-28)31(37)29-30(25-7-11-27(12-8-25)35(2)3)36(33(39)32(29)38)20-23-15-17-34-18-16-23/h4-19,30,37H,20-21H2,1-3H3/t30-/m0/s1. The molecule has 0 saturated carbocycles. The highest BCUT2D eigenvalue weighted by atomic mass is 16.5. The smallest absolute Gasteiger partial charge is 0.295 e. The molecule has 40 heavy (non-hydrogen) atoms. The molecule has 1 aliphatic rings. The Morgan fingerprint density at radius 1 is 0.925 bits per heavy atom. The summed E-state index contributed by atoms with van der Waals surface area (Å²) in [4.78, 5) is 34.2. The first kappa shape index (κ1) is 26.7. The summed E-state index contributed by atoms with van der Waals surface area (Å²) in [6.07, 6.45) is 3.30. The predicted octanol–water partition coefficient (Wildman–Crippen LogP) is 5.66. The summed E-state index contributed by atoms with van der Waals surface area (Å²) >= 11 is 0. The number of hydrogen-bond acceptors (Lipinski definition) is 6. The van der Waals surface area contributed by atoms with Gasteiger partial charge >= 0.3 is 0 Å². The van der Waals surface area contributed by atoms with Gasteiger partial charge in [0.25, 0.3) is 11.7 Å². The maximum absolute atomic E-state index is 13.4. The van der Waals surface area contributed by atoms with Gasteiger partial charge in [-0.05, 0) is 72.1 Å². The molecule has 0 bridgehead atoms. The van der Waals surface area contributed by atoms with Crippen LogP contribution in [0.4, 0.5) is 5.69 Å². The highest BCUT2D eigenvalue weighted by Crippen LogP contribution is 2.40. The van der Waals surface area contributed by atoms with Gasteiger partial charge in [0.1, 0.15) is 18.1 Å². The van der Waals surface area contributed by atoms with Crippen LogP contribution in [-0.2, 0) is 22.7 Å². The molecule has 1 aromatic heterocycles. The van der Waals surface area contributed by atoms with Crippen molar-refractivity contribution in [3.8, 4) is 5.75 Å². The van der Waals surface area contributed by atoms with Gasteiger partial charge in [-0.25, -0.2) is 0 Å². The van der Waals surface area contributed by atoms with Crippen molar-refractivity contribution in [1.82, 2.24) is 9.88 Å². The lowest BCUT2D eigenvalue weighted by Crippen LogP contribution is -2.29. The van der Waals surface area contributed by atoms with Crippen molar-refractivity contribution >= 4 is 23.1 Å². The molecule has 1 saturated heterocycles. The van der Waals surface area contributed by atoms with Crippen LogP contribution in [0.25, 0.3) is 5.76 Å². The molecule has 1 atom stereocenters. The molecule has 1 aliphatic heterocycles. The fourth-order valence-electron chi connectivity index (χ4n) is 4.86. The zero-order chi connectivity index (χ0) is 28.2. The Hall–Kier alpha value is -4.91. The average Bonchev–Trinajstić information content (AvgIpc) is 3.21. The first-order chi connectivity index (χ1) is 19.3. The number of aliphatic hydroxyl groups excluding tert-OH is 1. The summed E-state index contributed by atoms with van der Waals surface area (Å²) < 4.78 is 5.91. The third-order valence-corrected chi connectivity index (χ3v) is 6.98. The number of benzene rings is 3. The van der Waals surface area contributed by atoms with E-state index in [9.17, 15) is 14.7 Å². The van der Waals surface area contributed by atoms with Crippen molar-refractivity contribution in [3.63, 3.8) is 0 Å². The highest BCUT2D eigenvalue weighted by molar-refractivity contribution is 6.46. The van der Waals surface area contributed by atoms with Crippen LogP contribution in [-0.4, -0.2) is 40.8 Å². The minimum Gasteiger partial charge on any atom is -0.507 e. The van der Waals surface area contributed by atoms with Gasteiger partial charge in [-0.1, -0.05) is 42.0 Å². The SMILES string of the molecule is Cc1cccc(COc2ccc(C(O)=C3C(=O)C(=O)N(Cc4ccncc4)[C@H]3c3ccc(N(C)C)cc3)cc2)c1. The number of amides is 1. The lowest BCUT2D eigenvalue weighted by atomic mass is 9.95. The van der Waals surface area contributed by atoms with E-state index in [-0.39, 0.29) is 17.9 Å². The van der Waals surface area contributed by atoms with Crippen molar-refractivity contribution < 1.29 is 19.4 Å². The summed E-state index contributed by atoms with van der Waals surface area (Å²) in [5.74, 6) is -0.958. The minimum atomic E-state index is -0.748. The second-order valence-corrected chi connectivity index (χ2v) is 10.1. The van der Waals surface area contributed by atoms with Gasteiger partial charge in [-0.15, -0.1) is 0 Å². The molecule has 7 nitrogen and oxygen atoms in total. The number of nitrogens with zero attached hydrogens (tertiary/aromatic N) is 3. The molecule has 1 N–H and O–H groups in total. The number of aryl methyl sites for hydroxylation is 1. The molecule has 202 valence electrons. The van der Waals surface area contributed by atoms with Crippen LogP contribution in [0.5, 0.6) is 5.75 Å². The molecule has 0 spiro atoms. The first-order valence-electron chi connectivity index (χ1n) is 13.0. The fraction of sp³-hybridized carbons (Fsp3) is 0.182. The van der Waals surface area contributed by atoms with Gasteiger partial charge in [0.2, 0.25) is 0 Å². The number of ketones is 1. The number of anilines is 1. The Labute approximate surface area is 234 Å². The van der Waals surface area contributed by atoms with E-state index in [2.05, 4.69) is 11.1 Å². The fourth-order valence-corrected chi connectivity index (χ4v) is 4.86. The molecular formula is C33H31N3O4. The maximum Gasteiger partial charge on any atom is 0.295 e. The number of hydrogen-bond donors (Lipinski definition) is 1. The third-order valence-electron chi connectivity index (χ3n) is 6.98. The van der Waals surface area contributed by atoms with E-state index in [1.165, 1.54) is 4.90 Å². The molecule has 3 aromatic carbocycles. The van der Waals surface area contributed by atoms with E-state index >= 15 is 0 Å². The largest absolute Gasteiger partial charge is 0.507 e. The molecule has 0 unspecified atom stereocenters. The van der Waals surface area contributed by atoms with Crippen molar-refractivity contribution in [1.29, 1.82) is 0 Å². The first-order valence-corrected chi connectivity index (χ1v) is 13.0. The second-order valence-electron chi connectivity index (χ2n) is 10.1. The van der Waals surface area contributed by atoms with Crippen LogP contribution < -0.4 is 9.64 Å². The van der Waals surface area contributed by atoms with Crippen molar-refractivity contribution in [3.05, 3.63) is 131 Å². The molecular weight excluding hydrogens is 502 g/mol. The summed E-state index contributed by atoms with van der Waals surface area (Å²) in [5, 5.41) is 11.4. The van der Waals surface area contributed by atoms with Crippen molar-refractivity contribution in [2.45, 2.75) is 26.1 Å². The third kappa shape index (κ3) is 5.59. The number of Topliss-reactive ketones (excluding diaryl/α,β-unsaturated/α-hetero) is 1. The van der Waals surface area contributed by atoms with Crippen LogP contribution in [0.3, 0.4) is 0 Å². The van der Waals surface area contributed by atoms with Gasteiger partial charge in [0.15, 0.2) is 0 Å². The van der Waals surface area contributed by atoms with E-state index < -0.39 is 17.7 Å². The van der Waals surface area contributed by atoms with E-state index in [1.54, 1.807) is 48.8 Å². The van der Waals surface area contributed by atoms with Gasteiger partial charge in [-0.2, -0.15) is 0 Å².